The Morgan fingerprint density at radius 3 is 2.63 bits per heavy atom. The van der Waals surface area contributed by atoms with Crippen LogP contribution in [-0.4, -0.2) is 24.6 Å². The van der Waals surface area contributed by atoms with Gasteiger partial charge in [0, 0.05) is 31.2 Å². The summed E-state index contributed by atoms with van der Waals surface area (Å²) in [5, 5.41) is 0. The van der Waals surface area contributed by atoms with Gasteiger partial charge in [-0.3, -0.25) is 4.90 Å². The summed E-state index contributed by atoms with van der Waals surface area (Å²) in [6, 6.07) is 6.82. The molecule has 3 nitrogen and oxygen atoms in total. The van der Waals surface area contributed by atoms with Gasteiger partial charge in [0.2, 0.25) is 0 Å². The van der Waals surface area contributed by atoms with Crippen molar-refractivity contribution in [1.29, 1.82) is 0 Å². The van der Waals surface area contributed by atoms with Crippen molar-refractivity contribution in [3.63, 3.8) is 0 Å². The van der Waals surface area contributed by atoms with E-state index in [2.05, 4.69) is 24.8 Å². The lowest BCUT2D eigenvalue weighted by Crippen LogP contribution is -2.32. The Morgan fingerprint density at radius 1 is 1.37 bits per heavy atom. The number of benzene rings is 1. The van der Waals surface area contributed by atoms with Crippen LogP contribution in [-0.2, 0) is 13.1 Å². The van der Waals surface area contributed by atoms with E-state index in [1.165, 1.54) is 30.5 Å². The zero-order valence-corrected chi connectivity index (χ0v) is 12.4. The van der Waals surface area contributed by atoms with E-state index in [1.807, 2.05) is 12.1 Å². The van der Waals surface area contributed by atoms with Crippen molar-refractivity contribution in [2.75, 3.05) is 13.7 Å². The molecule has 0 aliphatic heterocycles. The van der Waals surface area contributed by atoms with Gasteiger partial charge in [0.1, 0.15) is 5.75 Å². The van der Waals surface area contributed by atoms with E-state index in [9.17, 15) is 0 Å². The van der Waals surface area contributed by atoms with Crippen molar-refractivity contribution >= 4 is 0 Å². The van der Waals surface area contributed by atoms with Crippen LogP contribution < -0.4 is 10.5 Å². The summed E-state index contributed by atoms with van der Waals surface area (Å²) in [6.45, 7) is 7.27. The third-order valence-electron chi connectivity index (χ3n) is 3.87. The molecule has 106 valence electrons. The molecule has 0 unspecified atom stereocenters. The van der Waals surface area contributed by atoms with Gasteiger partial charge in [-0.15, -0.1) is 0 Å². The minimum atomic E-state index is 0.562. The van der Waals surface area contributed by atoms with Gasteiger partial charge in [-0.1, -0.05) is 6.07 Å². The second-order valence-corrected chi connectivity index (χ2v) is 5.82. The molecule has 1 aliphatic rings. The van der Waals surface area contributed by atoms with Crippen LogP contribution in [0.5, 0.6) is 5.75 Å². The van der Waals surface area contributed by atoms with E-state index >= 15 is 0 Å². The molecule has 1 aromatic rings. The van der Waals surface area contributed by atoms with Crippen LogP contribution in [0.25, 0.3) is 0 Å². The predicted molar refractivity (Wildman–Crippen MR) is 79.2 cm³/mol. The van der Waals surface area contributed by atoms with Gasteiger partial charge in [0.25, 0.3) is 0 Å². The lowest BCUT2D eigenvalue weighted by Gasteiger charge is -2.27. The summed E-state index contributed by atoms with van der Waals surface area (Å²) < 4.78 is 5.48. The lowest BCUT2D eigenvalue weighted by molar-refractivity contribution is 0.201. The molecule has 0 saturated heterocycles. The van der Waals surface area contributed by atoms with E-state index in [1.54, 1.807) is 7.11 Å². The zero-order valence-electron chi connectivity index (χ0n) is 12.4. The van der Waals surface area contributed by atoms with Crippen molar-refractivity contribution < 1.29 is 4.74 Å². The smallest absolute Gasteiger partial charge is 0.123 e. The zero-order chi connectivity index (χ0) is 13.8. The van der Waals surface area contributed by atoms with Gasteiger partial charge < -0.3 is 10.5 Å². The van der Waals surface area contributed by atoms with E-state index in [4.69, 9.17) is 10.5 Å². The van der Waals surface area contributed by atoms with Crippen LogP contribution in [0.3, 0.4) is 0 Å². The SMILES string of the molecule is COc1ccc(CN)cc1CN(CC1CC1)C(C)C. The van der Waals surface area contributed by atoms with Crippen molar-refractivity contribution in [3.05, 3.63) is 29.3 Å². The highest BCUT2D eigenvalue weighted by atomic mass is 16.5. The molecule has 0 spiro atoms. The topological polar surface area (TPSA) is 38.5 Å². The number of hydrogen-bond donors (Lipinski definition) is 1. The molecule has 19 heavy (non-hydrogen) atoms. The Labute approximate surface area is 116 Å². The molecule has 2 N–H and O–H groups in total. The Bertz CT molecular complexity index is 413. The minimum absolute atomic E-state index is 0.562. The highest BCUT2D eigenvalue weighted by molar-refractivity contribution is 5.37. The maximum absolute atomic E-state index is 5.74. The fourth-order valence-corrected chi connectivity index (χ4v) is 2.39. The number of ether oxygens (including phenoxy) is 1. The first-order chi connectivity index (χ1) is 9.13. The fraction of sp³-hybridized carbons (Fsp3) is 0.625. The van der Waals surface area contributed by atoms with E-state index < -0.39 is 0 Å². The predicted octanol–water partition coefficient (Wildman–Crippen LogP) is 2.77. The third-order valence-corrected chi connectivity index (χ3v) is 3.87. The first-order valence-corrected chi connectivity index (χ1v) is 7.24. The van der Waals surface area contributed by atoms with E-state index in [-0.39, 0.29) is 0 Å². The Balaban J connectivity index is 2.13. The monoisotopic (exact) mass is 262 g/mol. The largest absolute Gasteiger partial charge is 0.496 e. The van der Waals surface area contributed by atoms with Crippen LogP contribution >= 0.6 is 0 Å². The summed E-state index contributed by atoms with van der Waals surface area (Å²) >= 11 is 0. The van der Waals surface area contributed by atoms with E-state index in [0.29, 0.717) is 12.6 Å². The van der Waals surface area contributed by atoms with Crippen LogP contribution in [0.2, 0.25) is 0 Å². The molecule has 0 amide bonds. The fourth-order valence-electron chi connectivity index (χ4n) is 2.39. The molecule has 0 radical (unpaired) electrons. The molecule has 0 atom stereocenters. The molecule has 2 rings (SSSR count). The summed E-state index contributed by atoms with van der Waals surface area (Å²) in [5.74, 6) is 1.88. The normalized spacial score (nSPS) is 15.3. The third kappa shape index (κ3) is 3.95. The number of hydrogen-bond acceptors (Lipinski definition) is 3. The molecular weight excluding hydrogens is 236 g/mol. The molecule has 0 heterocycles. The second kappa shape index (κ2) is 6.40. The van der Waals surface area contributed by atoms with Crippen molar-refractivity contribution in [2.24, 2.45) is 11.7 Å². The highest BCUT2D eigenvalue weighted by Crippen LogP contribution is 2.31. The average Bonchev–Trinajstić information content (AvgIpc) is 3.21. The molecule has 0 aromatic heterocycles. The van der Waals surface area contributed by atoms with Crippen molar-refractivity contribution in [1.82, 2.24) is 4.90 Å². The maximum atomic E-state index is 5.74. The first-order valence-electron chi connectivity index (χ1n) is 7.24. The van der Waals surface area contributed by atoms with E-state index in [0.717, 1.165) is 18.2 Å². The molecule has 1 fully saturated rings. The van der Waals surface area contributed by atoms with Crippen LogP contribution in [0.4, 0.5) is 0 Å². The van der Waals surface area contributed by atoms with Gasteiger partial charge in [0.05, 0.1) is 7.11 Å². The van der Waals surface area contributed by atoms with Crippen molar-refractivity contribution in [3.8, 4) is 5.75 Å². The van der Waals surface area contributed by atoms with Crippen LogP contribution in [0.15, 0.2) is 18.2 Å². The molecule has 1 saturated carbocycles. The summed E-state index contributed by atoms with van der Waals surface area (Å²) in [5.41, 5.74) is 8.16. The number of rotatable bonds is 7. The van der Waals surface area contributed by atoms with Gasteiger partial charge >= 0.3 is 0 Å². The van der Waals surface area contributed by atoms with Gasteiger partial charge in [-0.05, 0) is 50.3 Å². The highest BCUT2D eigenvalue weighted by Gasteiger charge is 2.25. The molecule has 0 bridgehead atoms. The number of nitrogens with zero attached hydrogens (tertiary/aromatic N) is 1. The quantitative estimate of drug-likeness (QED) is 0.821. The Hall–Kier alpha value is -1.06. The maximum Gasteiger partial charge on any atom is 0.123 e. The van der Waals surface area contributed by atoms with Crippen molar-refractivity contribution in [2.45, 2.75) is 45.8 Å². The second-order valence-electron chi connectivity index (χ2n) is 5.82. The van der Waals surface area contributed by atoms with Crippen LogP contribution in [0, 0.1) is 5.92 Å². The van der Waals surface area contributed by atoms with Gasteiger partial charge in [0.15, 0.2) is 0 Å². The lowest BCUT2D eigenvalue weighted by atomic mass is 10.1. The summed E-state index contributed by atoms with van der Waals surface area (Å²) in [7, 11) is 1.74. The Kier molecular flexibility index (Phi) is 4.83. The minimum Gasteiger partial charge on any atom is -0.496 e. The van der Waals surface area contributed by atoms with Crippen LogP contribution in [0.1, 0.15) is 37.8 Å². The summed E-state index contributed by atoms with van der Waals surface area (Å²) in [4.78, 5) is 2.54. The molecular formula is C16H26N2O. The number of methoxy groups -OCH3 is 1. The standard InChI is InChI=1S/C16H26N2O/c1-12(2)18(10-13-4-5-13)11-15-8-14(9-17)6-7-16(15)19-3/h6-8,12-13H,4-5,9-11,17H2,1-3H3. The number of nitrogens with two attached hydrogens (primary N) is 1. The van der Waals surface area contributed by atoms with Gasteiger partial charge in [-0.25, -0.2) is 0 Å². The molecule has 1 aliphatic carbocycles. The average molecular weight is 262 g/mol. The van der Waals surface area contributed by atoms with Gasteiger partial charge in [-0.2, -0.15) is 0 Å². The first kappa shape index (κ1) is 14.4. The summed E-state index contributed by atoms with van der Waals surface area (Å²) in [6.07, 6.45) is 2.78. The molecule has 3 heteroatoms. The molecule has 1 aromatic carbocycles. The Morgan fingerprint density at radius 2 is 2.11 bits per heavy atom.